The number of carbonyl (C=O) groups excluding carboxylic acids is 1. The molecule has 1 N–H and O–H groups in total. The van der Waals surface area contributed by atoms with Crippen LogP contribution in [0.1, 0.15) is 10.4 Å². The Kier molecular flexibility index (Phi) is 3.71. The minimum Gasteiger partial charge on any atom is -0.545 e. The molecule has 1 heterocycles. The van der Waals surface area contributed by atoms with E-state index in [1.54, 1.807) is 31.4 Å². The third-order valence-electron chi connectivity index (χ3n) is 3.46. The topological polar surface area (TPSA) is 87.2 Å². The van der Waals surface area contributed by atoms with Crippen molar-refractivity contribution in [3.05, 3.63) is 63.2 Å². The van der Waals surface area contributed by atoms with E-state index in [1.807, 2.05) is 0 Å². The monoisotopic (exact) mass is 327 g/mol. The molecule has 1 aromatic heterocycles. The molecular formula is C16H11N2O4S-. The number of hydrogen-bond donors (Lipinski definition) is 1. The molecule has 116 valence electrons. The molecule has 0 spiro atoms. The number of nitrogens with one attached hydrogen (secondary N) is 1. The van der Waals surface area contributed by atoms with Crippen molar-refractivity contribution < 1.29 is 14.6 Å². The first-order valence-electron chi connectivity index (χ1n) is 6.66. The van der Waals surface area contributed by atoms with Gasteiger partial charge in [0.15, 0.2) is 4.77 Å². The maximum Gasteiger partial charge on any atom is 0.266 e. The Labute approximate surface area is 135 Å². The number of aromatic amines is 1. The number of H-pyrrole nitrogens is 1. The summed E-state index contributed by atoms with van der Waals surface area (Å²) in [4.78, 5) is 26.5. The van der Waals surface area contributed by atoms with Crippen LogP contribution in [0.3, 0.4) is 0 Å². The zero-order valence-electron chi connectivity index (χ0n) is 12.0. The molecule has 0 atom stereocenters. The van der Waals surface area contributed by atoms with Gasteiger partial charge in [-0.05, 0) is 54.2 Å². The molecule has 23 heavy (non-hydrogen) atoms. The summed E-state index contributed by atoms with van der Waals surface area (Å²) in [5.74, 6) is -0.651. The highest BCUT2D eigenvalue weighted by molar-refractivity contribution is 7.71. The Hall–Kier alpha value is -2.93. The fourth-order valence-electron chi connectivity index (χ4n) is 2.31. The fraction of sp³-hybridized carbons (Fsp3) is 0.0625. The highest BCUT2D eigenvalue weighted by Gasteiger charge is 2.08. The molecule has 0 saturated carbocycles. The van der Waals surface area contributed by atoms with Crippen LogP contribution >= 0.6 is 12.2 Å². The zero-order chi connectivity index (χ0) is 16.6. The molecule has 0 bridgehead atoms. The van der Waals surface area contributed by atoms with Crippen molar-refractivity contribution in [1.82, 2.24) is 9.55 Å². The quantitative estimate of drug-likeness (QED) is 0.735. The number of methoxy groups -OCH3 is 1. The summed E-state index contributed by atoms with van der Waals surface area (Å²) in [5, 5.41) is 11.2. The van der Waals surface area contributed by atoms with E-state index in [9.17, 15) is 14.7 Å². The van der Waals surface area contributed by atoms with Crippen LogP contribution < -0.4 is 15.4 Å². The molecule has 2 aromatic carbocycles. The van der Waals surface area contributed by atoms with Gasteiger partial charge in [0.25, 0.3) is 5.56 Å². The fourth-order valence-corrected chi connectivity index (χ4v) is 2.61. The lowest BCUT2D eigenvalue weighted by atomic mass is 10.1. The number of carboxylic acid groups (broad SMARTS) is 1. The average molecular weight is 327 g/mol. The van der Waals surface area contributed by atoms with Gasteiger partial charge in [-0.25, -0.2) is 0 Å². The Balaban J connectivity index is 2.26. The van der Waals surface area contributed by atoms with Gasteiger partial charge in [-0.2, -0.15) is 0 Å². The number of carbonyl (C=O) groups is 1. The highest BCUT2D eigenvalue weighted by Crippen LogP contribution is 2.16. The molecule has 0 fully saturated rings. The number of benzene rings is 2. The van der Waals surface area contributed by atoms with Crippen LogP contribution in [-0.2, 0) is 0 Å². The normalized spacial score (nSPS) is 10.7. The summed E-state index contributed by atoms with van der Waals surface area (Å²) in [5.41, 5.74) is 0.581. The van der Waals surface area contributed by atoms with E-state index in [0.717, 1.165) is 0 Å². The predicted octanol–water partition coefficient (Wildman–Crippen LogP) is 1.42. The number of ether oxygens (including phenoxy) is 1. The number of rotatable bonds is 3. The molecular weight excluding hydrogens is 316 g/mol. The van der Waals surface area contributed by atoms with Gasteiger partial charge in [-0.15, -0.1) is 0 Å². The lowest BCUT2D eigenvalue weighted by Crippen LogP contribution is -2.23. The van der Waals surface area contributed by atoms with E-state index >= 15 is 0 Å². The molecule has 3 rings (SSSR count). The maximum absolute atomic E-state index is 12.7. The van der Waals surface area contributed by atoms with Gasteiger partial charge in [0, 0.05) is 0 Å². The number of aromatic carboxylic acids is 1. The number of fused-ring (bicyclic) bond motifs is 1. The van der Waals surface area contributed by atoms with Crippen LogP contribution in [0, 0.1) is 4.77 Å². The Morgan fingerprint density at radius 1 is 1.22 bits per heavy atom. The van der Waals surface area contributed by atoms with Crippen molar-refractivity contribution >= 4 is 29.1 Å². The molecule has 3 aromatic rings. The Morgan fingerprint density at radius 2 is 1.91 bits per heavy atom. The van der Waals surface area contributed by atoms with Crippen LogP contribution in [0.5, 0.6) is 5.75 Å². The van der Waals surface area contributed by atoms with Crippen molar-refractivity contribution in [2.45, 2.75) is 0 Å². The lowest BCUT2D eigenvalue weighted by Gasteiger charge is -2.10. The van der Waals surface area contributed by atoms with Crippen LogP contribution in [0.4, 0.5) is 0 Å². The van der Waals surface area contributed by atoms with Gasteiger partial charge in [0.2, 0.25) is 0 Å². The SMILES string of the molecule is COc1ccc(-n2c(=S)[nH]c3cc(C(=O)[O-])ccc3c2=O)cc1. The van der Waals surface area contributed by atoms with E-state index < -0.39 is 5.97 Å². The van der Waals surface area contributed by atoms with Crippen molar-refractivity contribution in [3.63, 3.8) is 0 Å². The van der Waals surface area contributed by atoms with Gasteiger partial charge >= 0.3 is 0 Å². The summed E-state index contributed by atoms with van der Waals surface area (Å²) in [6.45, 7) is 0. The highest BCUT2D eigenvalue weighted by atomic mass is 32.1. The standard InChI is InChI=1S/C16H12N2O4S/c1-22-11-5-3-10(4-6-11)18-14(19)12-7-2-9(15(20)21)8-13(12)17-16(18)23/h2-8H,1H3,(H,17,23)(H,20,21)/p-1. The van der Waals surface area contributed by atoms with Crippen LogP contribution in [0.15, 0.2) is 47.3 Å². The predicted molar refractivity (Wildman–Crippen MR) is 85.6 cm³/mol. The third-order valence-corrected chi connectivity index (χ3v) is 3.75. The maximum atomic E-state index is 12.7. The summed E-state index contributed by atoms with van der Waals surface area (Å²) in [7, 11) is 1.55. The zero-order valence-corrected chi connectivity index (χ0v) is 12.8. The minimum absolute atomic E-state index is 0.0234. The first-order valence-corrected chi connectivity index (χ1v) is 7.07. The summed E-state index contributed by atoms with van der Waals surface area (Å²) in [6.07, 6.45) is 0. The van der Waals surface area contributed by atoms with E-state index in [0.29, 0.717) is 22.3 Å². The number of aromatic nitrogens is 2. The molecule has 0 unspecified atom stereocenters. The minimum atomic E-state index is -1.31. The summed E-state index contributed by atoms with van der Waals surface area (Å²) in [6, 6.07) is 11.0. The number of nitrogens with zero attached hydrogens (tertiary/aromatic N) is 1. The molecule has 0 aliphatic carbocycles. The lowest BCUT2D eigenvalue weighted by molar-refractivity contribution is -0.255. The second kappa shape index (κ2) is 5.69. The second-order valence-electron chi connectivity index (χ2n) is 4.82. The molecule has 7 heteroatoms. The Morgan fingerprint density at radius 3 is 2.52 bits per heavy atom. The first-order chi connectivity index (χ1) is 11.0. The Bertz CT molecular complexity index is 1020. The van der Waals surface area contributed by atoms with Crippen LogP contribution in [0.25, 0.3) is 16.6 Å². The first kappa shape index (κ1) is 15.0. The smallest absolute Gasteiger partial charge is 0.266 e. The van der Waals surface area contributed by atoms with Crippen LogP contribution in [0.2, 0.25) is 0 Å². The number of hydrogen-bond acceptors (Lipinski definition) is 5. The van der Waals surface area contributed by atoms with E-state index in [4.69, 9.17) is 17.0 Å². The number of carboxylic acids is 1. The van der Waals surface area contributed by atoms with E-state index in [-0.39, 0.29) is 15.9 Å². The van der Waals surface area contributed by atoms with Gasteiger partial charge in [-0.3, -0.25) is 9.36 Å². The molecule has 0 aliphatic rings. The summed E-state index contributed by atoms with van der Waals surface area (Å²) >= 11 is 5.23. The van der Waals surface area contributed by atoms with Gasteiger partial charge < -0.3 is 19.6 Å². The largest absolute Gasteiger partial charge is 0.545 e. The van der Waals surface area contributed by atoms with E-state index in [2.05, 4.69) is 4.98 Å². The molecule has 0 amide bonds. The second-order valence-corrected chi connectivity index (χ2v) is 5.20. The third kappa shape index (κ3) is 2.62. The van der Waals surface area contributed by atoms with E-state index in [1.165, 1.54) is 22.8 Å². The molecule has 0 saturated heterocycles. The average Bonchev–Trinajstić information content (AvgIpc) is 2.55. The summed E-state index contributed by atoms with van der Waals surface area (Å²) < 4.78 is 6.60. The molecule has 6 nitrogen and oxygen atoms in total. The van der Waals surface area contributed by atoms with Crippen molar-refractivity contribution in [2.24, 2.45) is 0 Å². The van der Waals surface area contributed by atoms with Crippen LogP contribution in [-0.4, -0.2) is 22.6 Å². The molecule has 0 radical (unpaired) electrons. The van der Waals surface area contributed by atoms with Crippen molar-refractivity contribution in [3.8, 4) is 11.4 Å². The molecule has 0 aliphatic heterocycles. The van der Waals surface area contributed by atoms with Crippen molar-refractivity contribution in [2.75, 3.05) is 7.11 Å². The van der Waals surface area contributed by atoms with Crippen molar-refractivity contribution in [1.29, 1.82) is 0 Å². The van der Waals surface area contributed by atoms with Gasteiger partial charge in [-0.1, -0.05) is 6.07 Å². The van der Waals surface area contributed by atoms with Gasteiger partial charge in [0.1, 0.15) is 5.75 Å². The van der Waals surface area contributed by atoms with Gasteiger partial charge in [0.05, 0.1) is 29.7 Å².